The van der Waals surface area contributed by atoms with Crippen molar-refractivity contribution >= 4 is 21.0 Å². The smallest absolute Gasteiger partial charge is 0.238 e. The van der Waals surface area contributed by atoms with Crippen LogP contribution in [0.1, 0.15) is 29.2 Å². The molecule has 0 amide bonds. The SMILES string of the molecule is Cc1ccccc1[C@@H](c1cc2ccccc2o1)C1CCOc2cc(S(N)(=O)=O)ccc2O1. The third kappa shape index (κ3) is 3.85. The molecule has 6 nitrogen and oxygen atoms in total. The summed E-state index contributed by atoms with van der Waals surface area (Å²) in [5.41, 5.74) is 3.07. The number of para-hydroxylation sites is 1. The molecule has 1 unspecified atom stereocenters. The van der Waals surface area contributed by atoms with Gasteiger partial charge in [-0.2, -0.15) is 0 Å². The predicted molar refractivity (Wildman–Crippen MR) is 122 cm³/mol. The number of benzene rings is 3. The van der Waals surface area contributed by atoms with Crippen molar-refractivity contribution in [1.29, 1.82) is 0 Å². The molecule has 1 aromatic heterocycles. The lowest BCUT2D eigenvalue weighted by molar-refractivity contribution is 0.164. The van der Waals surface area contributed by atoms with Crippen LogP contribution in [0.5, 0.6) is 11.5 Å². The molecule has 5 rings (SSSR count). The van der Waals surface area contributed by atoms with Crippen molar-refractivity contribution in [3.8, 4) is 11.5 Å². The van der Waals surface area contributed by atoms with E-state index < -0.39 is 10.0 Å². The van der Waals surface area contributed by atoms with Crippen LogP contribution < -0.4 is 14.6 Å². The van der Waals surface area contributed by atoms with Crippen LogP contribution in [0.15, 0.2) is 82.1 Å². The van der Waals surface area contributed by atoms with Gasteiger partial charge in [0.1, 0.15) is 17.4 Å². The van der Waals surface area contributed by atoms with Crippen LogP contribution in [0.4, 0.5) is 0 Å². The Morgan fingerprint density at radius 1 is 0.969 bits per heavy atom. The molecule has 0 saturated carbocycles. The van der Waals surface area contributed by atoms with Crippen molar-refractivity contribution < 1.29 is 22.3 Å². The Morgan fingerprint density at radius 2 is 1.75 bits per heavy atom. The number of nitrogens with two attached hydrogens (primary N) is 1. The Morgan fingerprint density at radius 3 is 2.53 bits per heavy atom. The van der Waals surface area contributed by atoms with Crippen LogP contribution in [0, 0.1) is 6.92 Å². The number of furan rings is 1. The summed E-state index contributed by atoms with van der Waals surface area (Å²) in [4.78, 5) is -0.00830. The van der Waals surface area contributed by atoms with Gasteiger partial charge in [-0.15, -0.1) is 0 Å². The van der Waals surface area contributed by atoms with Gasteiger partial charge in [-0.25, -0.2) is 13.6 Å². The zero-order valence-electron chi connectivity index (χ0n) is 17.5. The fourth-order valence-corrected chi connectivity index (χ4v) is 4.77. The topological polar surface area (TPSA) is 91.8 Å². The first-order chi connectivity index (χ1) is 15.4. The van der Waals surface area contributed by atoms with E-state index in [9.17, 15) is 8.42 Å². The summed E-state index contributed by atoms with van der Waals surface area (Å²) in [7, 11) is -3.84. The molecular formula is C25H23NO5S. The fourth-order valence-electron chi connectivity index (χ4n) is 4.25. The average Bonchev–Trinajstić information content (AvgIpc) is 3.07. The van der Waals surface area contributed by atoms with Crippen molar-refractivity contribution in [3.63, 3.8) is 0 Å². The molecule has 2 atom stereocenters. The number of rotatable bonds is 4. The highest BCUT2D eigenvalue weighted by Gasteiger charge is 2.33. The number of aryl methyl sites for hydroxylation is 1. The molecule has 7 heteroatoms. The van der Waals surface area contributed by atoms with Gasteiger partial charge in [-0.05, 0) is 42.3 Å². The lowest BCUT2D eigenvalue weighted by atomic mass is 9.86. The second kappa shape index (κ2) is 8.00. The molecule has 1 aliphatic rings. The van der Waals surface area contributed by atoms with Gasteiger partial charge in [0.2, 0.25) is 10.0 Å². The van der Waals surface area contributed by atoms with Gasteiger partial charge in [0.25, 0.3) is 0 Å². The Bertz CT molecular complexity index is 1360. The van der Waals surface area contributed by atoms with E-state index in [-0.39, 0.29) is 16.9 Å². The van der Waals surface area contributed by atoms with Crippen LogP contribution in [0.2, 0.25) is 0 Å². The van der Waals surface area contributed by atoms with E-state index >= 15 is 0 Å². The predicted octanol–water partition coefficient (Wildman–Crippen LogP) is 4.75. The molecule has 0 bridgehead atoms. The highest BCUT2D eigenvalue weighted by molar-refractivity contribution is 7.89. The molecule has 0 saturated heterocycles. The minimum atomic E-state index is -3.84. The molecule has 0 spiro atoms. The highest BCUT2D eigenvalue weighted by atomic mass is 32.2. The van der Waals surface area contributed by atoms with Crippen LogP contribution >= 0.6 is 0 Å². The molecule has 3 aromatic carbocycles. The standard InChI is InChI=1S/C25H23NO5S/c1-16-6-2-4-8-19(16)25(24-14-17-7-3-5-9-20(17)30-24)22-12-13-29-23-15-18(32(26,27)28)10-11-21(23)31-22/h2-11,14-15,22,25H,12-13H2,1H3,(H2,26,27,28)/t22?,25-/m1/s1. The number of fused-ring (bicyclic) bond motifs is 2. The van der Waals surface area contributed by atoms with Gasteiger partial charge in [0.15, 0.2) is 11.5 Å². The molecule has 2 N–H and O–H groups in total. The van der Waals surface area contributed by atoms with Crippen LogP contribution in [-0.2, 0) is 10.0 Å². The first-order valence-corrected chi connectivity index (χ1v) is 11.9. The van der Waals surface area contributed by atoms with E-state index in [1.165, 1.54) is 12.1 Å². The Kier molecular flexibility index (Phi) is 5.15. The van der Waals surface area contributed by atoms with Crippen molar-refractivity contribution in [3.05, 3.63) is 89.7 Å². The first kappa shape index (κ1) is 20.6. The summed E-state index contributed by atoms with van der Waals surface area (Å²) in [6.07, 6.45) is 0.313. The third-order valence-corrected chi connectivity index (χ3v) is 6.74. The third-order valence-electron chi connectivity index (χ3n) is 5.83. The van der Waals surface area contributed by atoms with Crippen molar-refractivity contribution in [2.75, 3.05) is 6.61 Å². The monoisotopic (exact) mass is 449 g/mol. The molecule has 1 aliphatic heterocycles. The van der Waals surface area contributed by atoms with Gasteiger partial charge in [-0.3, -0.25) is 0 Å². The van der Waals surface area contributed by atoms with Crippen LogP contribution in [-0.4, -0.2) is 21.1 Å². The maximum absolute atomic E-state index is 11.7. The minimum absolute atomic E-state index is 0.00830. The van der Waals surface area contributed by atoms with E-state index in [0.717, 1.165) is 27.9 Å². The minimum Gasteiger partial charge on any atom is -0.490 e. The molecule has 0 radical (unpaired) electrons. The lowest BCUT2D eigenvalue weighted by Gasteiger charge is -2.26. The first-order valence-electron chi connectivity index (χ1n) is 10.4. The van der Waals surface area contributed by atoms with E-state index in [1.807, 2.05) is 36.4 Å². The van der Waals surface area contributed by atoms with Gasteiger partial charge in [0.05, 0.1) is 17.4 Å². The van der Waals surface area contributed by atoms with Crippen molar-refractivity contribution in [2.45, 2.75) is 30.3 Å². The molecular weight excluding hydrogens is 426 g/mol. The van der Waals surface area contributed by atoms with Crippen LogP contribution in [0.3, 0.4) is 0 Å². The second-order valence-corrected chi connectivity index (χ2v) is 9.53. The maximum atomic E-state index is 11.7. The Balaban J connectivity index is 1.59. The van der Waals surface area contributed by atoms with Gasteiger partial charge in [0, 0.05) is 17.9 Å². The number of hydrogen-bond donors (Lipinski definition) is 1. The number of sulfonamides is 1. The Hall–Kier alpha value is -3.29. The van der Waals surface area contributed by atoms with Crippen LogP contribution in [0.25, 0.3) is 11.0 Å². The average molecular weight is 450 g/mol. The van der Waals surface area contributed by atoms with E-state index in [1.54, 1.807) is 6.07 Å². The Labute approximate surface area is 186 Å². The molecule has 32 heavy (non-hydrogen) atoms. The summed E-state index contributed by atoms with van der Waals surface area (Å²) >= 11 is 0. The highest BCUT2D eigenvalue weighted by Crippen LogP contribution is 2.41. The largest absolute Gasteiger partial charge is 0.490 e. The van der Waals surface area contributed by atoms with E-state index in [0.29, 0.717) is 24.5 Å². The number of ether oxygens (including phenoxy) is 2. The van der Waals surface area contributed by atoms with Crippen molar-refractivity contribution in [2.24, 2.45) is 5.14 Å². The normalized spacial score (nSPS) is 17.1. The molecule has 0 fully saturated rings. The summed E-state index contributed by atoms with van der Waals surface area (Å²) in [5.74, 6) is 1.49. The molecule has 4 aromatic rings. The molecule has 2 heterocycles. The second-order valence-electron chi connectivity index (χ2n) is 7.97. The molecule has 0 aliphatic carbocycles. The quantitative estimate of drug-likeness (QED) is 0.485. The van der Waals surface area contributed by atoms with Crippen molar-refractivity contribution in [1.82, 2.24) is 0 Å². The summed E-state index contributed by atoms with van der Waals surface area (Å²) in [6.45, 7) is 2.44. The molecule has 164 valence electrons. The number of primary sulfonamides is 1. The van der Waals surface area contributed by atoms with E-state index in [2.05, 4.69) is 25.1 Å². The van der Waals surface area contributed by atoms with Gasteiger partial charge >= 0.3 is 0 Å². The summed E-state index contributed by atoms with van der Waals surface area (Å²) < 4.78 is 42.0. The van der Waals surface area contributed by atoms with Gasteiger partial charge in [-0.1, -0.05) is 42.5 Å². The summed E-state index contributed by atoms with van der Waals surface area (Å²) in [5, 5.41) is 6.31. The zero-order valence-corrected chi connectivity index (χ0v) is 18.3. The summed E-state index contributed by atoms with van der Waals surface area (Å²) in [6, 6.07) is 22.6. The maximum Gasteiger partial charge on any atom is 0.238 e. The van der Waals surface area contributed by atoms with Gasteiger partial charge < -0.3 is 13.9 Å². The fraction of sp³-hybridized carbons (Fsp3) is 0.200. The van der Waals surface area contributed by atoms with E-state index in [4.69, 9.17) is 19.0 Å². The zero-order chi connectivity index (χ0) is 22.3. The lowest BCUT2D eigenvalue weighted by Crippen LogP contribution is -2.27. The number of hydrogen-bond acceptors (Lipinski definition) is 5.